The Morgan fingerprint density at radius 1 is 0.969 bits per heavy atom. The van der Waals surface area contributed by atoms with Gasteiger partial charge in [0.25, 0.3) is 11.8 Å². The van der Waals surface area contributed by atoms with Crippen molar-refractivity contribution in [2.75, 3.05) is 6.61 Å². The summed E-state index contributed by atoms with van der Waals surface area (Å²) in [6.45, 7) is 2.97. The van der Waals surface area contributed by atoms with Crippen LogP contribution in [0, 0.1) is 0 Å². The van der Waals surface area contributed by atoms with Gasteiger partial charge in [-0.15, -0.1) is 11.3 Å². The van der Waals surface area contributed by atoms with Gasteiger partial charge in [-0.1, -0.05) is 36.4 Å². The molecular formula is C24H22N4O3S. The maximum Gasteiger partial charge on any atom is 0.273 e. The van der Waals surface area contributed by atoms with Crippen LogP contribution in [0.5, 0.6) is 5.75 Å². The van der Waals surface area contributed by atoms with Crippen LogP contribution in [0.2, 0.25) is 0 Å². The fourth-order valence-corrected chi connectivity index (χ4v) is 3.88. The van der Waals surface area contributed by atoms with E-state index in [1.165, 1.54) is 11.3 Å². The van der Waals surface area contributed by atoms with Crippen LogP contribution in [-0.2, 0) is 6.54 Å². The second-order valence-electron chi connectivity index (χ2n) is 6.92. The molecule has 2 N–H and O–H groups in total. The van der Waals surface area contributed by atoms with Crippen LogP contribution >= 0.6 is 11.3 Å². The molecule has 0 spiro atoms. The van der Waals surface area contributed by atoms with Gasteiger partial charge in [0.1, 0.15) is 11.4 Å². The second kappa shape index (κ2) is 9.93. The lowest BCUT2D eigenvalue weighted by atomic mass is 10.2. The number of carbonyl (C=O) groups is 2. The van der Waals surface area contributed by atoms with Gasteiger partial charge in [-0.25, -0.2) is 0 Å². The van der Waals surface area contributed by atoms with Gasteiger partial charge in [-0.3, -0.25) is 25.1 Å². The third-order valence-corrected chi connectivity index (χ3v) is 5.54. The zero-order valence-corrected chi connectivity index (χ0v) is 18.3. The van der Waals surface area contributed by atoms with E-state index < -0.39 is 11.8 Å². The van der Waals surface area contributed by atoms with Crippen molar-refractivity contribution in [2.45, 2.75) is 13.5 Å². The molecule has 7 nitrogen and oxygen atoms in total. The van der Waals surface area contributed by atoms with Crippen molar-refractivity contribution in [1.29, 1.82) is 0 Å². The number of hydrogen-bond donors (Lipinski definition) is 2. The smallest absolute Gasteiger partial charge is 0.273 e. The van der Waals surface area contributed by atoms with E-state index >= 15 is 0 Å². The van der Waals surface area contributed by atoms with E-state index in [2.05, 4.69) is 16.0 Å². The Labute approximate surface area is 189 Å². The van der Waals surface area contributed by atoms with E-state index in [9.17, 15) is 9.59 Å². The minimum Gasteiger partial charge on any atom is -0.494 e. The van der Waals surface area contributed by atoms with Crippen molar-refractivity contribution in [3.63, 3.8) is 0 Å². The van der Waals surface area contributed by atoms with Gasteiger partial charge in [-0.05, 0) is 48.2 Å². The number of nitrogens with zero attached hydrogens (tertiary/aromatic N) is 2. The molecule has 32 heavy (non-hydrogen) atoms. The Morgan fingerprint density at radius 3 is 2.41 bits per heavy atom. The van der Waals surface area contributed by atoms with Gasteiger partial charge < -0.3 is 4.74 Å². The number of thiophene rings is 1. The highest BCUT2D eigenvalue weighted by Gasteiger charge is 2.19. The summed E-state index contributed by atoms with van der Waals surface area (Å²) in [6, 6.07) is 20.4. The largest absolute Gasteiger partial charge is 0.494 e. The number of carbonyl (C=O) groups excluding carboxylic acids is 2. The topological polar surface area (TPSA) is 85.3 Å². The zero-order valence-electron chi connectivity index (χ0n) is 17.4. The first kappa shape index (κ1) is 21.3. The Balaban J connectivity index is 1.48. The molecule has 0 fully saturated rings. The van der Waals surface area contributed by atoms with Crippen molar-refractivity contribution in [2.24, 2.45) is 0 Å². The van der Waals surface area contributed by atoms with Crippen LogP contribution in [0.4, 0.5) is 0 Å². The number of aromatic nitrogens is 2. The number of hydrogen-bond acceptors (Lipinski definition) is 5. The first-order valence-electron chi connectivity index (χ1n) is 10.1. The van der Waals surface area contributed by atoms with Gasteiger partial charge in [0.05, 0.1) is 23.6 Å². The molecule has 4 rings (SSSR count). The fourth-order valence-electron chi connectivity index (χ4n) is 3.16. The molecule has 0 saturated carbocycles. The summed E-state index contributed by atoms with van der Waals surface area (Å²) in [5, 5.41) is 6.55. The molecule has 0 atom stereocenters. The van der Waals surface area contributed by atoms with Crippen molar-refractivity contribution >= 4 is 23.2 Å². The van der Waals surface area contributed by atoms with Crippen molar-refractivity contribution < 1.29 is 14.3 Å². The Morgan fingerprint density at radius 2 is 1.72 bits per heavy atom. The number of nitrogens with one attached hydrogen (secondary N) is 2. The summed E-state index contributed by atoms with van der Waals surface area (Å²) in [4.78, 5) is 26.2. The molecule has 0 aliphatic carbocycles. The minimum absolute atomic E-state index is 0.385. The summed E-state index contributed by atoms with van der Waals surface area (Å²) in [5.41, 5.74) is 7.40. The number of rotatable bonds is 7. The van der Waals surface area contributed by atoms with Crippen LogP contribution in [0.25, 0.3) is 10.6 Å². The number of amides is 2. The summed E-state index contributed by atoms with van der Waals surface area (Å²) >= 11 is 1.50. The molecule has 2 amide bonds. The third-order valence-electron chi connectivity index (χ3n) is 4.67. The molecule has 8 heteroatoms. The van der Waals surface area contributed by atoms with E-state index in [0.29, 0.717) is 35.7 Å². The summed E-state index contributed by atoms with van der Waals surface area (Å²) in [6.07, 6.45) is 1.69. The van der Waals surface area contributed by atoms with Gasteiger partial charge in [0.2, 0.25) is 0 Å². The lowest BCUT2D eigenvalue weighted by Gasteiger charge is -2.08. The van der Waals surface area contributed by atoms with E-state index in [1.807, 2.05) is 54.8 Å². The maximum atomic E-state index is 12.9. The van der Waals surface area contributed by atoms with Crippen molar-refractivity contribution in [3.8, 4) is 16.3 Å². The number of ether oxygens (including phenoxy) is 1. The predicted octanol–water partition coefficient (Wildman–Crippen LogP) is 4.13. The molecule has 0 saturated heterocycles. The molecule has 2 heterocycles. The van der Waals surface area contributed by atoms with Crippen LogP contribution in [-0.4, -0.2) is 28.2 Å². The molecule has 4 aromatic rings. The standard InChI is InChI=1S/C24H22N4O3S/c1-2-31-19-12-10-18(11-13-19)23(29)25-26-24(30)20-16-28(15-17-7-4-3-5-8-17)27-22(20)21-9-6-14-32-21/h3-14,16H,2,15H2,1H3,(H,25,29)(H,26,30). The van der Waals surface area contributed by atoms with Crippen molar-refractivity contribution in [1.82, 2.24) is 20.6 Å². The molecule has 2 aromatic heterocycles. The molecule has 2 aromatic carbocycles. The molecule has 0 bridgehead atoms. The molecule has 0 radical (unpaired) electrons. The van der Waals surface area contributed by atoms with E-state index in [1.54, 1.807) is 35.1 Å². The lowest BCUT2D eigenvalue weighted by Crippen LogP contribution is -2.41. The zero-order chi connectivity index (χ0) is 22.3. The van der Waals surface area contributed by atoms with E-state index in [4.69, 9.17) is 4.74 Å². The highest BCUT2D eigenvalue weighted by molar-refractivity contribution is 7.13. The SMILES string of the molecule is CCOc1ccc(C(=O)NNC(=O)c2cn(Cc3ccccc3)nc2-c2cccs2)cc1. The van der Waals surface area contributed by atoms with E-state index in [-0.39, 0.29) is 0 Å². The highest BCUT2D eigenvalue weighted by atomic mass is 32.1. The summed E-state index contributed by atoms with van der Waals surface area (Å²) in [7, 11) is 0. The molecule has 0 aliphatic heterocycles. The fraction of sp³-hybridized carbons (Fsp3) is 0.125. The van der Waals surface area contributed by atoms with Crippen LogP contribution < -0.4 is 15.6 Å². The number of hydrazine groups is 1. The average molecular weight is 447 g/mol. The predicted molar refractivity (Wildman–Crippen MR) is 124 cm³/mol. The van der Waals surface area contributed by atoms with Gasteiger partial charge in [0.15, 0.2) is 0 Å². The third kappa shape index (κ3) is 5.04. The van der Waals surface area contributed by atoms with Crippen LogP contribution in [0.3, 0.4) is 0 Å². The van der Waals surface area contributed by atoms with Gasteiger partial charge >= 0.3 is 0 Å². The monoisotopic (exact) mass is 446 g/mol. The highest BCUT2D eigenvalue weighted by Crippen LogP contribution is 2.27. The lowest BCUT2D eigenvalue weighted by molar-refractivity contribution is 0.0847. The normalized spacial score (nSPS) is 10.5. The van der Waals surface area contributed by atoms with Crippen LogP contribution in [0.15, 0.2) is 78.3 Å². The minimum atomic E-state index is -0.438. The molecular weight excluding hydrogens is 424 g/mol. The summed E-state index contributed by atoms with van der Waals surface area (Å²) < 4.78 is 7.11. The van der Waals surface area contributed by atoms with Crippen molar-refractivity contribution in [3.05, 3.63) is 95.0 Å². The quantitative estimate of drug-likeness (QED) is 0.418. The first-order chi connectivity index (χ1) is 15.6. The first-order valence-corrected chi connectivity index (χ1v) is 11.0. The van der Waals surface area contributed by atoms with Gasteiger partial charge in [0, 0.05) is 11.8 Å². The molecule has 0 unspecified atom stereocenters. The average Bonchev–Trinajstić information content (AvgIpc) is 3.49. The molecule has 162 valence electrons. The summed E-state index contributed by atoms with van der Waals surface area (Å²) in [5.74, 6) is -0.178. The van der Waals surface area contributed by atoms with Gasteiger partial charge in [-0.2, -0.15) is 5.10 Å². The Bertz CT molecular complexity index is 1190. The van der Waals surface area contributed by atoms with E-state index in [0.717, 1.165) is 10.4 Å². The molecule has 0 aliphatic rings. The second-order valence-corrected chi connectivity index (χ2v) is 7.87. The number of benzene rings is 2. The Hall–Kier alpha value is -3.91. The van der Waals surface area contributed by atoms with Crippen LogP contribution in [0.1, 0.15) is 33.2 Å². The maximum absolute atomic E-state index is 12.9. The Kier molecular flexibility index (Phi) is 6.62.